The van der Waals surface area contributed by atoms with Crippen LogP contribution in [0.1, 0.15) is 40.5 Å². The quantitative estimate of drug-likeness (QED) is 0.674. The molecule has 0 aromatic heterocycles. The number of nitrogens with one attached hydrogen (secondary N) is 2. The largest absolute Gasteiger partial charge is 0.354 e. The van der Waals surface area contributed by atoms with Gasteiger partial charge in [-0.2, -0.15) is 0 Å². The van der Waals surface area contributed by atoms with Gasteiger partial charge in [-0.05, 0) is 34.7 Å². The van der Waals surface area contributed by atoms with E-state index in [2.05, 4.69) is 10.6 Å². The number of rotatable bonds is 8. The molecule has 5 heteroatoms. The summed E-state index contributed by atoms with van der Waals surface area (Å²) in [6, 6.07) is 0.360. The van der Waals surface area contributed by atoms with Crippen molar-refractivity contribution in [2.24, 2.45) is 0 Å². The van der Waals surface area contributed by atoms with Gasteiger partial charge in [-0.3, -0.25) is 9.59 Å². The number of amides is 2. The summed E-state index contributed by atoms with van der Waals surface area (Å²) >= 11 is 0. The van der Waals surface area contributed by atoms with Crippen molar-refractivity contribution in [3.05, 3.63) is 0 Å². The minimum Gasteiger partial charge on any atom is -0.354 e. The van der Waals surface area contributed by atoms with Gasteiger partial charge in [0.15, 0.2) is 0 Å². The average molecular weight is 257 g/mol. The Balaban J connectivity index is 3.68. The van der Waals surface area contributed by atoms with Crippen molar-refractivity contribution in [1.29, 1.82) is 0 Å². The Morgan fingerprint density at radius 3 is 1.50 bits per heavy atom. The lowest BCUT2D eigenvalue weighted by atomic mass is 10.3. The summed E-state index contributed by atoms with van der Waals surface area (Å²) in [6.45, 7) is 9.12. The molecular weight excluding hydrogens is 230 g/mol. The molecule has 0 aliphatic carbocycles. The van der Waals surface area contributed by atoms with E-state index in [-0.39, 0.29) is 23.9 Å². The second-order valence-electron chi connectivity index (χ2n) is 5.25. The minimum absolute atomic E-state index is 0.0588. The number of carbonyl (C=O) groups excluding carboxylic acids is 2. The van der Waals surface area contributed by atoms with Crippen molar-refractivity contribution in [1.82, 2.24) is 15.5 Å². The smallest absolute Gasteiger partial charge is 0.221 e. The first-order valence-corrected chi connectivity index (χ1v) is 6.58. The summed E-state index contributed by atoms with van der Waals surface area (Å²) in [4.78, 5) is 24.8. The van der Waals surface area contributed by atoms with Crippen LogP contribution in [0, 0.1) is 0 Å². The SMILES string of the molecule is CC(C)NC(=O)CCN(C)CCC(=O)NC(C)C. The van der Waals surface area contributed by atoms with E-state index in [1.54, 1.807) is 0 Å². The van der Waals surface area contributed by atoms with Crippen LogP contribution in [0.25, 0.3) is 0 Å². The van der Waals surface area contributed by atoms with Crippen LogP contribution in [0.5, 0.6) is 0 Å². The van der Waals surface area contributed by atoms with Crippen molar-refractivity contribution < 1.29 is 9.59 Å². The molecule has 0 radical (unpaired) electrons. The number of carbonyl (C=O) groups is 2. The highest BCUT2D eigenvalue weighted by Crippen LogP contribution is 1.93. The number of hydrogen-bond donors (Lipinski definition) is 2. The third-order valence-electron chi connectivity index (χ3n) is 2.34. The fourth-order valence-corrected chi connectivity index (χ4v) is 1.48. The lowest BCUT2D eigenvalue weighted by Crippen LogP contribution is -2.35. The van der Waals surface area contributed by atoms with Crippen LogP contribution in [0.2, 0.25) is 0 Å². The Morgan fingerprint density at radius 1 is 0.889 bits per heavy atom. The normalized spacial score (nSPS) is 11.1. The summed E-state index contributed by atoms with van der Waals surface area (Å²) in [6.07, 6.45) is 0.945. The summed E-state index contributed by atoms with van der Waals surface area (Å²) in [7, 11) is 1.92. The molecule has 0 heterocycles. The van der Waals surface area contributed by atoms with Crippen LogP contribution in [0.4, 0.5) is 0 Å². The fraction of sp³-hybridized carbons (Fsp3) is 0.846. The van der Waals surface area contributed by atoms with Crippen LogP contribution < -0.4 is 10.6 Å². The molecule has 0 bridgehead atoms. The Bertz CT molecular complexity index is 239. The van der Waals surface area contributed by atoms with Crippen LogP contribution in [0.3, 0.4) is 0 Å². The van der Waals surface area contributed by atoms with Gasteiger partial charge in [0.05, 0.1) is 0 Å². The van der Waals surface area contributed by atoms with E-state index in [9.17, 15) is 9.59 Å². The summed E-state index contributed by atoms with van der Waals surface area (Å²) < 4.78 is 0. The van der Waals surface area contributed by atoms with Crippen LogP contribution in [-0.2, 0) is 9.59 Å². The van der Waals surface area contributed by atoms with Gasteiger partial charge in [0, 0.05) is 38.0 Å². The molecule has 0 aliphatic rings. The summed E-state index contributed by atoms with van der Waals surface area (Å²) in [5.74, 6) is 0.118. The van der Waals surface area contributed by atoms with E-state index >= 15 is 0 Å². The van der Waals surface area contributed by atoms with Gasteiger partial charge in [-0.1, -0.05) is 0 Å². The van der Waals surface area contributed by atoms with Gasteiger partial charge in [-0.25, -0.2) is 0 Å². The van der Waals surface area contributed by atoms with Crippen molar-refractivity contribution >= 4 is 11.8 Å². The lowest BCUT2D eigenvalue weighted by molar-refractivity contribution is -0.121. The predicted octanol–water partition coefficient (Wildman–Crippen LogP) is 0.748. The zero-order valence-corrected chi connectivity index (χ0v) is 12.2. The Kier molecular flexibility index (Phi) is 8.37. The zero-order valence-electron chi connectivity index (χ0n) is 12.2. The number of hydrogen-bond acceptors (Lipinski definition) is 3. The second kappa shape index (κ2) is 8.91. The van der Waals surface area contributed by atoms with Gasteiger partial charge in [-0.15, -0.1) is 0 Å². The first-order valence-electron chi connectivity index (χ1n) is 6.58. The first kappa shape index (κ1) is 16.9. The standard InChI is InChI=1S/C13H27N3O2/c1-10(2)14-12(17)6-8-16(5)9-7-13(18)15-11(3)4/h10-11H,6-9H2,1-5H3,(H,14,17)(H,15,18). The van der Waals surface area contributed by atoms with Crippen molar-refractivity contribution in [3.63, 3.8) is 0 Å². The molecule has 0 aliphatic heterocycles. The zero-order chi connectivity index (χ0) is 14.1. The van der Waals surface area contributed by atoms with E-state index in [0.29, 0.717) is 25.9 Å². The Hall–Kier alpha value is -1.10. The second-order valence-corrected chi connectivity index (χ2v) is 5.25. The molecule has 0 saturated heterocycles. The highest BCUT2D eigenvalue weighted by Gasteiger charge is 2.08. The molecule has 0 fully saturated rings. The molecule has 18 heavy (non-hydrogen) atoms. The predicted molar refractivity (Wildman–Crippen MR) is 73.3 cm³/mol. The molecule has 0 saturated carbocycles. The first-order chi connectivity index (χ1) is 8.31. The topological polar surface area (TPSA) is 61.4 Å². The maximum Gasteiger partial charge on any atom is 0.221 e. The van der Waals surface area contributed by atoms with Gasteiger partial charge < -0.3 is 15.5 Å². The molecule has 2 amide bonds. The van der Waals surface area contributed by atoms with Gasteiger partial charge in [0.2, 0.25) is 11.8 Å². The molecule has 0 aromatic carbocycles. The molecule has 0 aromatic rings. The summed E-state index contributed by atoms with van der Waals surface area (Å²) in [5.41, 5.74) is 0. The lowest BCUT2D eigenvalue weighted by Gasteiger charge is -2.17. The third kappa shape index (κ3) is 10.1. The van der Waals surface area contributed by atoms with Gasteiger partial charge in [0.1, 0.15) is 0 Å². The van der Waals surface area contributed by atoms with Crippen molar-refractivity contribution in [3.8, 4) is 0 Å². The molecule has 0 atom stereocenters. The van der Waals surface area contributed by atoms with Crippen LogP contribution in [0.15, 0.2) is 0 Å². The highest BCUT2D eigenvalue weighted by atomic mass is 16.2. The molecule has 2 N–H and O–H groups in total. The van der Waals surface area contributed by atoms with E-state index in [1.165, 1.54) is 0 Å². The minimum atomic E-state index is 0.0588. The van der Waals surface area contributed by atoms with Gasteiger partial charge >= 0.3 is 0 Å². The monoisotopic (exact) mass is 257 g/mol. The average Bonchev–Trinajstić information content (AvgIpc) is 2.21. The highest BCUT2D eigenvalue weighted by molar-refractivity contribution is 5.77. The van der Waals surface area contributed by atoms with Crippen LogP contribution >= 0.6 is 0 Å². The molecule has 5 nitrogen and oxygen atoms in total. The van der Waals surface area contributed by atoms with Crippen LogP contribution in [-0.4, -0.2) is 48.9 Å². The molecule has 106 valence electrons. The van der Waals surface area contributed by atoms with Crippen molar-refractivity contribution in [2.75, 3.05) is 20.1 Å². The Morgan fingerprint density at radius 2 is 1.22 bits per heavy atom. The fourth-order valence-electron chi connectivity index (χ4n) is 1.48. The van der Waals surface area contributed by atoms with E-state index in [0.717, 1.165) is 0 Å². The van der Waals surface area contributed by atoms with Gasteiger partial charge in [0.25, 0.3) is 0 Å². The Labute approximate surface area is 110 Å². The molecule has 0 rings (SSSR count). The maximum atomic E-state index is 11.4. The maximum absolute atomic E-state index is 11.4. The van der Waals surface area contributed by atoms with E-state index in [1.807, 2.05) is 39.6 Å². The summed E-state index contributed by atoms with van der Waals surface area (Å²) in [5, 5.41) is 5.69. The van der Waals surface area contributed by atoms with E-state index in [4.69, 9.17) is 0 Å². The molecule has 0 spiro atoms. The molecule has 0 unspecified atom stereocenters. The van der Waals surface area contributed by atoms with Crippen molar-refractivity contribution in [2.45, 2.75) is 52.6 Å². The number of nitrogens with zero attached hydrogens (tertiary/aromatic N) is 1. The third-order valence-corrected chi connectivity index (χ3v) is 2.34. The van der Waals surface area contributed by atoms with E-state index < -0.39 is 0 Å². The molecular formula is C13H27N3O2.